The third-order valence-electron chi connectivity index (χ3n) is 2.24. The predicted octanol–water partition coefficient (Wildman–Crippen LogP) is 0.871. The van der Waals surface area contributed by atoms with E-state index in [-0.39, 0.29) is 5.90 Å². The van der Waals surface area contributed by atoms with E-state index in [1.807, 2.05) is 19.1 Å². The van der Waals surface area contributed by atoms with E-state index in [9.17, 15) is 9.59 Å². The third kappa shape index (κ3) is 1.56. The number of carbonyl (C=O) groups excluding carboxylic acids is 2. The van der Waals surface area contributed by atoms with Gasteiger partial charge in [-0.3, -0.25) is 9.59 Å². The Kier molecular flexibility index (Phi) is 2.44. The van der Waals surface area contributed by atoms with Crippen LogP contribution >= 0.6 is 0 Å². The van der Waals surface area contributed by atoms with E-state index >= 15 is 0 Å². The zero-order valence-corrected chi connectivity index (χ0v) is 8.93. The van der Waals surface area contributed by atoms with Crippen LogP contribution in [0.3, 0.4) is 0 Å². The van der Waals surface area contributed by atoms with Gasteiger partial charge in [-0.2, -0.15) is 5.01 Å². The molecule has 0 saturated heterocycles. The molecule has 0 aromatic heterocycles. The molecule has 0 fully saturated rings. The maximum Gasteiger partial charge on any atom is 0.325 e. The zero-order valence-electron chi connectivity index (χ0n) is 8.93. The number of methoxy groups -OCH3 is 1. The van der Waals surface area contributed by atoms with Gasteiger partial charge in [0.15, 0.2) is 0 Å². The van der Waals surface area contributed by atoms with Crippen molar-refractivity contribution in [2.45, 2.75) is 6.92 Å². The summed E-state index contributed by atoms with van der Waals surface area (Å²) in [5, 5.41) is 4.84. The molecule has 5 nitrogen and oxygen atoms in total. The fraction of sp³-hybridized carbons (Fsp3) is 0.182. The molecular weight excluding hydrogens is 208 g/mol. The smallest absolute Gasteiger partial charge is 0.325 e. The summed E-state index contributed by atoms with van der Waals surface area (Å²) in [7, 11) is 1.31. The number of hydrogen-bond donors (Lipinski definition) is 0. The highest BCUT2D eigenvalue weighted by atomic mass is 16.5. The minimum Gasteiger partial charge on any atom is -0.477 e. The third-order valence-corrected chi connectivity index (χ3v) is 2.24. The van der Waals surface area contributed by atoms with Gasteiger partial charge in [-0.25, -0.2) is 0 Å². The first-order valence-corrected chi connectivity index (χ1v) is 4.71. The SMILES string of the molecule is COC1=NN(c2ccc(C)cc2)C(=O)C1=O. The van der Waals surface area contributed by atoms with Crippen molar-refractivity contribution in [3.05, 3.63) is 29.8 Å². The summed E-state index contributed by atoms with van der Waals surface area (Å²) in [4.78, 5) is 22.9. The van der Waals surface area contributed by atoms with Crippen LogP contribution in [0.1, 0.15) is 5.56 Å². The summed E-state index contributed by atoms with van der Waals surface area (Å²) in [6.07, 6.45) is 0. The number of anilines is 1. The fourth-order valence-electron chi connectivity index (χ4n) is 1.36. The van der Waals surface area contributed by atoms with E-state index in [1.165, 1.54) is 7.11 Å². The number of amides is 1. The molecule has 1 aliphatic heterocycles. The second-order valence-corrected chi connectivity index (χ2v) is 3.39. The number of Topliss-reactive ketones (excluding diaryl/α,β-unsaturated/α-hetero) is 1. The quantitative estimate of drug-likeness (QED) is 0.657. The Bertz CT molecular complexity index is 477. The second kappa shape index (κ2) is 3.77. The number of hydrogen-bond acceptors (Lipinski definition) is 4. The number of hydrazone groups is 1. The Balaban J connectivity index is 2.36. The van der Waals surface area contributed by atoms with Crippen LogP contribution in [0.5, 0.6) is 0 Å². The van der Waals surface area contributed by atoms with Crippen molar-refractivity contribution in [3.63, 3.8) is 0 Å². The number of carbonyl (C=O) groups is 2. The van der Waals surface area contributed by atoms with Gasteiger partial charge in [-0.15, -0.1) is 5.10 Å². The van der Waals surface area contributed by atoms with Crippen molar-refractivity contribution >= 4 is 23.3 Å². The fourth-order valence-corrected chi connectivity index (χ4v) is 1.36. The Morgan fingerprint density at radius 1 is 1.19 bits per heavy atom. The predicted molar refractivity (Wildman–Crippen MR) is 58.1 cm³/mol. The number of ether oxygens (including phenoxy) is 1. The zero-order chi connectivity index (χ0) is 11.7. The van der Waals surface area contributed by atoms with Crippen molar-refractivity contribution in [1.29, 1.82) is 0 Å². The Labute approximate surface area is 92.3 Å². The molecular formula is C11H10N2O3. The maximum atomic E-state index is 11.5. The summed E-state index contributed by atoms with van der Waals surface area (Å²) in [6, 6.07) is 7.13. The molecule has 16 heavy (non-hydrogen) atoms. The van der Waals surface area contributed by atoms with Crippen molar-refractivity contribution in [2.75, 3.05) is 12.1 Å². The normalized spacial score (nSPS) is 15.4. The number of benzene rings is 1. The van der Waals surface area contributed by atoms with E-state index < -0.39 is 11.7 Å². The molecule has 0 N–H and O–H groups in total. The number of rotatable bonds is 1. The number of nitrogens with zero attached hydrogens (tertiary/aromatic N) is 2. The van der Waals surface area contributed by atoms with Crippen molar-refractivity contribution in [3.8, 4) is 0 Å². The highest BCUT2D eigenvalue weighted by Crippen LogP contribution is 2.19. The van der Waals surface area contributed by atoms with Crippen LogP contribution in [-0.2, 0) is 14.3 Å². The molecule has 0 atom stereocenters. The monoisotopic (exact) mass is 218 g/mol. The summed E-state index contributed by atoms with van der Waals surface area (Å²) in [6.45, 7) is 1.94. The van der Waals surface area contributed by atoms with E-state index in [4.69, 9.17) is 4.74 Å². The lowest BCUT2D eigenvalue weighted by Crippen LogP contribution is -2.27. The number of aryl methyl sites for hydroxylation is 1. The average molecular weight is 218 g/mol. The van der Waals surface area contributed by atoms with E-state index in [0.717, 1.165) is 10.6 Å². The Morgan fingerprint density at radius 3 is 2.31 bits per heavy atom. The van der Waals surface area contributed by atoms with Gasteiger partial charge in [0.25, 0.3) is 5.90 Å². The largest absolute Gasteiger partial charge is 0.477 e. The van der Waals surface area contributed by atoms with E-state index in [1.54, 1.807) is 12.1 Å². The molecule has 0 radical (unpaired) electrons. The minimum atomic E-state index is -0.719. The molecule has 1 aromatic carbocycles. The standard InChI is InChI=1S/C11H10N2O3/c1-7-3-5-8(6-4-7)13-11(15)9(14)10(12-13)16-2/h3-6H,1-2H3. The molecule has 0 spiro atoms. The van der Waals surface area contributed by atoms with Gasteiger partial charge >= 0.3 is 11.7 Å². The van der Waals surface area contributed by atoms with Crippen molar-refractivity contribution < 1.29 is 14.3 Å². The van der Waals surface area contributed by atoms with Crippen LogP contribution in [0, 0.1) is 6.92 Å². The number of ketones is 1. The summed E-state index contributed by atoms with van der Waals surface area (Å²) >= 11 is 0. The molecule has 2 rings (SSSR count). The molecule has 1 amide bonds. The highest BCUT2D eigenvalue weighted by molar-refractivity contribution is 6.67. The summed E-state index contributed by atoms with van der Waals surface area (Å²) < 4.78 is 4.71. The molecule has 1 heterocycles. The van der Waals surface area contributed by atoms with E-state index in [0.29, 0.717) is 5.69 Å². The maximum absolute atomic E-state index is 11.5. The summed E-state index contributed by atoms with van der Waals surface area (Å²) in [5.74, 6) is -1.59. The molecule has 0 bridgehead atoms. The van der Waals surface area contributed by atoms with Gasteiger partial charge < -0.3 is 4.74 Å². The van der Waals surface area contributed by atoms with Crippen LogP contribution in [0.4, 0.5) is 5.69 Å². The van der Waals surface area contributed by atoms with Crippen LogP contribution in [0.2, 0.25) is 0 Å². The lowest BCUT2D eigenvalue weighted by Gasteiger charge is -2.09. The summed E-state index contributed by atoms with van der Waals surface area (Å²) in [5.41, 5.74) is 1.62. The molecule has 0 saturated carbocycles. The first-order valence-electron chi connectivity index (χ1n) is 4.71. The van der Waals surface area contributed by atoms with Gasteiger partial charge in [-0.05, 0) is 19.1 Å². The minimum absolute atomic E-state index is 0.175. The van der Waals surface area contributed by atoms with Crippen LogP contribution < -0.4 is 5.01 Å². The van der Waals surface area contributed by atoms with Crippen LogP contribution in [0.15, 0.2) is 29.4 Å². The van der Waals surface area contributed by atoms with Gasteiger partial charge in [0.1, 0.15) is 0 Å². The lowest BCUT2D eigenvalue weighted by atomic mass is 10.2. The van der Waals surface area contributed by atoms with Crippen molar-refractivity contribution in [1.82, 2.24) is 0 Å². The van der Waals surface area contributed by atoms with E-state index in [2.05, 4.69) is 5.10 Å². The topological polar surface area (TPSA) is 59.0 Å². The highest BCUT2D eigenvalue weighted by Gasteiger charge is 2.35. The first kappa shape index (κ1) is 10.4. The molecule has 0 unspecified atom stereocenters. The lowest BCUT2D eigenvalue weighted by molar-refractivity contribution is -0.132. The van der Waals surface area contributed by atoms with Crippen LogP contribution in [-0.4, -0.2) is 24.7 Å². The van der Waals surface area contributed by atoms with Gasteiger partial charge in [0.2, 0.25) is 0 Å². The van der Waals surface area contributed by atoms with Crippen LogP contribution in [0.25, 0.3) is 0 Å². The van der Waals surface area contributed by atoms with Gasteiger partial charge in [-0.1, -0.05) is 17.7 Å². The Hall–Kier alpha value is -2.17. The molecule has 1 aromatic rings. The van der Waals surface area contributed by atoms with Crippen molar-refractivity contribution in [2.24, 2.45) is 5.10 Å². The molecule has 5 heteroatoms. The molecule has 82 valence electrons. The second-order valence-electron chi connectivity index (χ2n) is 3.39. The molecule has 0 aliphatic carbocycles. The Morgan fingerprint density at radius 2 is 1.81 bits per heavy atom. The molecule has 1 aliphatic rings. The van der Waals surface area contributed by atoms with Gasteiger partial charge in [0, 0.05) is 0 Å². The first-order chi connectivity index (χ1) is 7.63. The average Bonchev–Trinajstić information content (AvgIpc) is 2.57. The van der Waals surface area contributed by atoms with Gasteiger partial charge in [0.05, 0.1) is 12.8 Å².